The Morgan fingerprint density at radius 1 is 1.30 bits per heavy atom. The van der Waals surface area contributed by atoms with Crippen LogP contribution >= 0.6 is 0 Å². The second-order valence-electron chi connectivity index (χ2n) is 5.23. The Hall–Kier alpha value is -1.60. The number of carboxylic acids is 1. The number of carbonyl (C=O) groups is 1. The molecule has 0 heterocycles. The zero-order valence-electron chi connectivity index (χ0n) is 12.0. The van der Waals surface area contributed by atoms with Crippen LogP contribution in [0.5, 0.6) is 5.75 Å². The van der Waals surface area contributed by atoms with E-state index in [1.54, 1.807) is 32.9 Å². The number of hydrogen-bond donors (Lipinski definition) is 1. The molecular formula is C13H19NO5S. The topological polar surface area (TPSA) is 83.9 Å². The Kier molecular flexibility index (Phi) is 4.77. The third-order valence-corrected chi connectivity index (χ3v) is 4.81. The highest BCUT2D eigenvalue weighted by atomic mass is 32.2. The molecule has 1 aromatic rings. The van der Waals surface area contributed by atoms with Crippen LogP contribution in [-0.4, -0.2) is 43.0 Å². The van der Waals surface area contributed by atoms with E-state index in [-0.39, 0.29) is 10.6 Å². The van der Waals surface area contributed by atoms with E-state index in [1.165, 1.54) is 19.2 Å². The maximum Gasteiger partial charge on any atom is 0.318 e. The lowest BCUT2D eigenvalue weighted by Gasteiger charge is -2.33. The lowest BCUT2D eigenvalue weighted by molar-refractivity contribution is -0.138. The standard InChI is InChI=1S/C13H19NO5S/c1-13(2,3)14(9-12(15)16)20(17,18)11-8-6-5-7-10(11)19-4/h5-8H,9H2,1-4H3,(H,15,16). The summed E-state index contributed by atoms with van der Waals surface area (Å²) >= 11 is 0. The van der Waals surface area contributed by atoms with Crippen LogP contribution in [0.3, 0.4) is 0 Å². The van der Waals surface area contributed by atoms with E-state index in [4.69, 9.17) is 9.84 Å². The first-order valence-electron chi connectivity index (χ1n) is 5.98. The van der Waals surface area contributed by atoms with Gasteiger partial charge in [0.15, 0.2) is 0 Å². The van der Waals surface area contributed by atoms with Crippen LogP contribution in [0.15, 0.2) is 29.2 Å². The van der Waals surface area contributed by atoms with Gasteiger partial charge in [-0.3, -0.25) is 4.79 Å². The molecule has 1 rings (SSSR count). The summed E-state index contributed by atoms with van der Waals surface area (Å²) in [6, 6.07) is 6.14. The minimum Gasteiger partial charge on any atom is -0.495 e. The van der Waals surface area contributed by atoms with Crippen molar-refractivity contribution in [2.45, 2.75) is 31.2 Å². The van der Waals surface area contributed by atoms with Gasteiger partial charge < -0.3 is 9.84 Å². The average Bonchev–Trinajstić information content (AvgIpc) is 2.34. The molecule has 0 saturated carbocycles. The molecule has 0 amide bonds. The zero-order chi connectivity index (χ0) is 15.6. The monoisotopic (exact) mass is 301 g/mol. The van der Waals surface area contributed by atoms with Gasteiger partial charge >= 0.3 is 5.97 Å². The number of hydrogen-bond acceptors (Lipinski definition) is 4. The number of rotatable bonds is 5. The predicted octanol–water partition coefficient (Wildman–Crippen LogP) is 1.57. The molecule has 6 nitrogen and oxygen atoms in total. The molecule has 0 spiro atoms. The third kappa shape index (κ3) is 3.49. The van der Waals surface area contributed by atoms with Gasteiger partial charge in [0.25, 0.3) is 0 Å². The maximum atomic E-state index is 12.7. The molecule has 20 heavy (non-hydrogen) atoms. The molecule has 112 valence electrons. The number of methoxy groups -OCH3 is 1. The summed E-state index contributed by atoms with van der Waals surface area (Å²) < 4.78 is 31.3. The quantitative estimate of drug-likeness (QED) is 0.892. The van der Waals surface area contributed by atoms with Gasteiger partial charge in [-0.05, 0) is 32.9 Å². The highest BCUT2D eigenvalue weighted by Crippen LogP contribution is 2.30. The third-order valence-electron chi connectivity index (χ3n) is 2.66. The fourth-order valence-corrected chi connectivity index (χ4v) is 3.65. The number of sulfonamides is 1. The van der Waals surface area contributed by atoms with Crippen molar-refractivity contribution in [2.24, 2.45) is 0 Å². The Balaban J connectivity index is 3.41. The molecule has 0 atom stereocenters. The van der Waals surface area contributed by atoms with Crippen molar-refractivity contribution in [3.8, 4) is 5.75 Å². The molecule has 0 bridgehead atoms. The smallest absolute Gasteiger partial charge is 0.318 e. The van der Waals surface area contributed by atoms with Crippen LogP contribution in [0.1, 0.15) is 20.8 Å². The van der Waals surface area contributed by atoms with Crippen LogP contribution in [0, 0.1) is 0 Å². The zero-order valence-corrected chi connectivity index (χ0v) is 12.8. The van der Waals surface area contributed by atoms with Gasteiger partial charge in [-0.25, -0.2) is 8.42 Å². The summed E-state index contributed by atoms with van der Waals surface area (Å²) in [6.07, 6.45) is 0. The first-order chi connectivity index (χ1) is 9.10. The van der Waals surface area contributed by atoms with E-state index in [2.05, 4.69) is 0 Å². The van der Waals surface area contributed by atoms with Gasteiger partial charge in [-0.2, -0.15) is 4.31 Å². The first-order valence-corrected chi connectivity index (χ1v) is 7.42. The van der Waals surface area contributed by atoms with E-state index in [0.29, 0.717) is 0 Å². The summed E-state index contributed by atoms with van der Waals surface area (Å²) in [4.78, 5) is 10.9. The van der Waals surface area contributed by atoms with Gasteiger partial charge in [-0.15, -0.1) is 0 Å². The highest BCUT2D eigenvalue weighted by Gasteiger charge is 2.37. The Morgan fingerprint density at radius 3 is 2.30 bits per heavy atom. The van der Waals surface area contributed by atoms with Crippen molar-refractivity contribution in [2.75, 3.05) is 13.7 Å². The van der Waals surface area contributed by atoms with Gasteiger partial charge in [0.1, 0.15) is 17.2 Å². The SMILES string of the molecule is COc1ccccc1S(=O)(=O)N(CC(=O)O)C(C)(C)C. The second kappa shape index (κ2) is 5.80. The number of ether oxygens (including phenoxy) is 1. The lowest BCUT2D eigenvalue weighted by atomic mass is 10.1. The predicted molar refractivity (Wildman–Crippen MR) is 74.3 cm³/mol. The molecule has 0 radical (unpaired) electrons. The molecule has 0 aromatic heterocycles. The molecule has 0 aliphatic carbocycles. The molecule has 1 N–H and O–H groups in total. The van der Waals surface area contributed by atoms with E-state index in [1.807, 2.05) is 0 Å². The van der Waals surface area contributed by atoms with Crippen molar-refractivity contribution in [3.63, 3.8) is 0 Å². The minimum absolute atomic E-state index is 0.0429. The van der Waals surface area contributed by atoms with Crippen LogP contribution in [0.2, 0.25) is 0 Å². The van der Waals surface area contributed by atoms with Gasteiger partial charge in [0.05, 0.1) is 7.11 Å². The van der Waals surface area contributed by atoms with Gasteiger partial charge in [-0.1, -0.05) is 12.1 Å². The van der Waals surface area contributed by atoms with Crippen molar-refractivity contribution < 1.29 is 23.1 Å². The highest BCUT2D eigenvalue weighted by molar-refractivity contribution is 7.89. The lowest BCUT2D eigenvalue weighted by Crippen LogP contribution is -2.48. The van der Waals surface area contributed by atoms with Crippen molar-refractivity contribution in [1.29, 1.82) is 0 Å². The minimum atomic E-state index is -3.97. The van der Waals surface area contributed by atoms with Crippen molar-refractivity contribution in [1.82, 2.24) is 4.31 Å². The number of aliphatic carboxylic acids is 1. The van der Waals surface area contributed by atoms with Crippen LogP contribution in [0.4, 0.5) is 0 Å². The van der Waals surface area contributed by atoms with Crippen molar-refractivity contribution in [3.05, 3.63) is 24.3 Å². The van der Waals surface area contributed by atoms with E-state index in [9.17, 15) is 13.2 Å². The number of nitrogens with zero attached hydrogens (tertiary/aromatic N) is 1. The number of carboxylic acid groups (broad SMARTS) is 1. The molecule has 0 aliphatic rings. The second-order valence-corrected chi connectivity index (χ2v) is 7.06. The van der Waals surface area contributed by atoms with E-state index < -0.39 is 28.1 Å². The van der Waals surface area contributed by atoms with Gasteiger partial charge in [0.2, 0.25) is 10.0 Å². The molecule has 1 aromatic carbocycles. The van der Waals surface area contributed by atoms with E-state index >= 15 is 0 Å². The van der Waals surface area contributed by atoms with Crippen LogP contribution in [-0.2, 0) is 14.8 Å². The molecule has 0 saturated heterocycles. The fourth-order valence-electron chi connectivity index (χ4n) is 1.76. The van der Waals surface area contributed by atoms with Crippen molar-refractivity contribution >= 4 is 16.0 Å². The Morgan fingerprint density at radius 2 is 1.85 bits per heavy atom. The maximum absolute atomic E-state index is 12.7. The molecule has 7 heteroatoms. The molecule has 0 fully saturated rings. The largest absolute Gasteiger partial charge is 0.495 e. The Labute approximate surface area is 119 Å². The van der Waals surface area contributed by atoms with Crippen LogP contribution in [0.25, 0.3) is 0 Å². The summed E-state index contributed by atoms with van der Waals surface area (Å²) in [6.45, 7) is 4.32. The molecule has 0 unspecified atom stereocenters. The number of benzene rings is 1. The normalized spacial score (nSPS) is 12.4. The summed E-state index contributed by atoms with van der Waals surface area (Å²) in [7, 11) is -2.60. The first kappa shape index (κ1) is 16.5. The fraction of sp³-hybridized carbons (Fsp3) is 0.462. The van der Waals surface area contributed by atoms with E-state index in [0.717, 1.165) is 4.31 Å². The molecular weight excluding hydrogens is 282 g/mol. The molecule has 0 aliphatic heterocycles. The van der Waals surface area contributed by atoms with Crippen LogP contribution < -0.4 is 4.74 Å². The number of para-hydroxylation sites is 1. The Bertz CT molecular complexity index is 589. The summed E-state index contributed by atoms with van der Waals surface area (Å²) in [5.74, 6) is -1.02. The summed E-state index contributed by atoms with van der Waals surface area (Å²) in [5, 5.41) is 8.95. The van der Waals surface area contributed by atoms with Gasteiger partial charge in [0, 0.05) is 5.54 Å². The average molecular weight is 301 g/mol. The summed E-state index contributed by atoms with van der Waals surface area (Å²) in [5.41, 5.74) is -0.863.